The molecule has 5 nitrogen and oxygen atoms in total. The molecule has 1 N–H and O–H groups in total. The third-order valence-corrected chi connectivity index (χ3v) is 2.54. The molecule has 0 bridgehead atoms. The number of hydrogen-bond donors (Lipinski definition) is 1. The first-order valence-corrected chi connectivity index (χ1v) is 6.18. The molecule has 0 spiro atoms. The van der Waals surface area contributed by atoms with E-state index in [0.29, 0.717) is 0 Å². The lowest BCUT2D eigenvalue weighted by Crippen LogP contribution is -2.31. The lowest BCUT2D eigenvalue weighted by atomic mass is 10.1. The fourth-order valence-corrected chi connectivity index (χ4v) is 1.65. The van der Waals surface area contributed by atoms with Crippen molar-refractivity contribution >= 4 is 6.09 Å². The zero-order valence-corrected chi connectivity index (χ0v) is 11.7. The number of carbonyl (C=O) groups is 1. The van der Waals surface area contributed by atoms with E-state index in [2.05, 4.69) is 4.98 Å². The number of carbonyl (C=O) groups excluding carboxylic acids is 1. The van der Waals surface area contributed by atoms with Crippen LogP contribution in [-0.4, -0.2) is 21.2 Å². The van der Waals surface area contributed by atoms with E-state index >= 15 is 0 Å². The molecule has 0 atom stereocenters. The highest BCUT2D eigenvalue weighted by Gasteiger charge is 2.20. The van der Waals surface area contributed by atoms with E-state index in [-0.39, 0.29) is 11.3 Å². The maximum atomic E-state index is 13.2. The molecule has 112 valence electrons. The predicted octanol–water partition coefficient (Wildman–Crippen LogP) is 2.90. The van der Waals surface area contributed by atoms with Crippen LogP contribution in [-0.2, 0) is 4.74 Å². The van der Waals surface area contributed by atoms with Crippen LogP contribution in [0.5, 0.6) is 0 Å². The largest absolute Gasteiger partial charge is 0.443 e. The van der Waals surface area contributed by atoms with Crippen molar-refractivity contribution in [1.29, 1.82) is 0 Å². The fraction of sp³-hybridized carbons (Fsp3) is 0.286. The van der Waals surface area contributed by atoms with Crippen LogP contribution in [0.4, 0.5) is 13.6 Å². The monoisotopic (exact) mass is 296 g/mol. The summed E-state index contributed by atoms with van der Waals surface area (Å²) in [6, 6.07) is 3.16. The standard InChI is InChI=1S/C14H14F2N2O3/c1-14(2,3)21-13(20)18-7-11(17-12(18)19)8-4-5-9(15)10(16)6-8/h4-7H,1-3H3,(H,17,19). The molecule has 0 amide bonds. The van der Waals surface area contributed by atoms with Gasteiger partial charge in [0.05, 0.1) is 5.69 Å². The number of nitrogens with one attached hydrogen (secondary N) is 1. The summed E-state index contributed by atoms with van der Waals surface area (Å²) in [5, 5.41) is 0. The van der Waals surface area contributed by atoms with Gasteiger partial charge in [-0.15, -0.1) is 0 Å². The summed E-state index contributed by atoms with van der Waals surface area (Å²) in [7, 11) is 0. The Hall–Kier alpha value is -2.44. The molecule has 1 heterocycles. The van der Waals surface area contributed by atoms with Crippen LogP contribution in [0.15, 0.2) is 29.2 Å². The SMILES string of the molecule is CC(C)(C)OC(=O)n1cc(-c2ccc(F)c(F)c2)[nH]c1=O. The van der Waals surface area contributed by atoms with Crippen LogP contribution in [0.3, 0.4) is 0 Å². The second-order valence-corrected chi connectivity index (χ2v) is 5.45. The second-order valence-electron chi connectivity index (χ2n) is 5.45. The van der Waals surface area contributed by atoms with Crippen LogP contribution in [0, 0.1) is 11.6 Å². The van der Waals surface area contributed by atoms with Crippen LogP contribution in [0.2, 0.25) is 0 Å². The molecule has 0 aliphatic heterocycles. The highest BCUT2D eigenvalue weighted by atomic mass is 19.2. The van der Waals surface area contributed by atoms with E-state index in [9.17, 15) is 18.4 Å². The summed E-state index contributed by atoms with van der Waals surface area (Å²) in [5.41, 5.74) is -1.04. The third kappa shape index (κ3) is 3.36. The summed E-state index contributed by atoms with van der Waals surface area (Å²) in [4.78, 5) is 26.0. The molecule has 0 radical (unpaired) electrons. The van der Waals surface area contributed by atoms with Crippen molar-refractivity contribution in [3.63, 3.8) is 0 Å². The first-order chi connectivity index (χ1) is 9.67. The van der Waals surface area contributed by atoms with Gasteiger partial charge in [0, 0.05) is 11.8 Å². The third-order valence-electron chi connectivity index (χ3n) is 2.54. The van der Waals surface area contributed by atoms with Gasteiger partial charge in [-0.2, -0.15) is 0 Å². The number of benzene rings is 1. The molecule has 0 saturated carbocycles. The van der Waals surface area contributed by atoms with Gasteiger partial charge in [0.25, 0.3) is 0 Å². The average molecular weight is 296 g/mol. The van der Waals surface area contributed by atoms with Crippen molar-refractivity contribution < 1.29 is 18.3 Å². The second kappa shape index (κ2) is 5.16. The van der Waals surface area contributed by atoms with Gasteiger partial charge in [-0.05, 0) is 39.0 Å². The molecule has 0 aliphatic rings. The molecule has 0 unspecified atom stereocenters. The topological polar surface area (TPSA) is 64.1 Å². The zero-order chi connectivity index (χ0) is 15.8. The van der Waals surface area contributed by atoms with Gasteiger partial charge in [-0.1, -0.05) is 0 Å². The van der Waals surface area contributed by atoms with E-state index in [1.54, 1.807) is 20.8 Å². The Kier molecular flexibility index (Phi) is 3.67. The summed E-state index contributed by atoms with van der Waals surface area (Å²) < 4.78 is 31.9. The molecule has 0 aliphatic carbocycles. The Bertz CT molecular complexity index is 741. The summed E-state index contributed by atoms with van der Waals surface area (Å²) in [6.45, 7) is 5.00. The van der Waals surface area contributed by atoms with Gasteiger partial charge in [0.2, 0.25) is 0 Å². The molecule has 2 aromatic rings. The predicted molar refractivity (Wildman–Crippen MR) is 72.0 cm³/mol. The summed E-state index contributed by atoms with van der Waals surface area (Å²) in [6.07, 6.45) is 0.334. The van der Waals surface area contributed by atoms with Gasteiger partial charge in [0.15, 0.2) is 11.6 Å². The van der Waals surface area contributed by atoms with Crippen molar-refractivity contribution in [2.75, 3.05) is 0 Å². The molecule has 1 aromatic heterocycles. The molecule has 0 fully saturated rings. The van der Waals surface area contributed by atoms with Crippen molar-refractivity contribution in [2.24, 2.45) is 0 Å². The van der Waals surface area contributed by atoms with Crippen molar-refractivity contribution in [3.8, 4) is 11.3 Å². The number of aromatic nitrogens is 2. The van der Waals surface area contributed by atoms with Crippen LogP contribution in [0.25, 0.3) is 11.3 Å². The van der Waals surface area contributed by atoms with Crippen molar-refractivity contribution in [2.45, 2.75) is 26.4 Å². The van der Waals surface area contributed by atoms with Crippen LogP contribution >= 0.6 is 0 Å². The van der Waals surface area contributed by atoms with Gasteiger partial charge < -0.3 is 9.72 Å². The Labute approximate surface area is 119 Å². The Balaban J connectivity index is 2.37. The number of hydrogen-bond acceptors (Lipinski definition) is 3. The number of aromatic amines is 1. The Morgan fingerprint density at radius 1 is 1.24 bits per heavy atom. The molecule has 7 heteroatoms. The van der Waals surface area contributed by atoms with Gasteiger partial charge in [-0.3, -0.25) is 0 Å². The number of H-pyrrole nitrogens is 1. The number of ether oxygens (including phenoxy) is 1. The molecular formula is C14H14F2N2O3. The molecule has 21 heavy (non-hydrogen) atoms. The van der Waals surface area contributed by atoms with Gasteiger partial charge in [0.1, 0.15) is 5.60 Å². The van der Waals surface area contributed by atoms with E-state index in [1.807, 2.05) is 0 Å². The number of nitrogens with zero attached hydrogens (tertiary/aromatic N) is 1. The summed E-state index contributed by atoms with van der Waals surface area (Å²) in [5.74, 6) is -2.04. The van der Waals surface area contributed by atoms with Crippen LogP contribution < -0.4 is 5.69 Å². The molecule has 1 aromatic carbocycles. The quantitative estimate of drug-likeness (QED) is 0.880. The minimum atomic E-state index is -1.04. The Morgan fingerprint density at radius 3 is 2.48 bits per heavy atom. The molecule has 0 saturated heterocycles. The lowest BCUT2D eigenvalue weighted by Gasteiger charge is -2.18. The minimum absolute atomic E-state index is 0.185. The van der Waals surface area contributed by atoms with Crippen molar-refractivity contribution in [3.05, 3.63) is 46.5 Å². The van der Waals surface area contributed by atoms with Gasteiger partial charge >= 0.3 is 11.8 Å². The highest BCUT2D eigenvalue weighted by Crippen LogP contribution is 2.19. The average Bonchev–Trinajstić information content (AvgIpc) is 2.73. The zero-order valence-electron chi connectivity index (χ0n) is 11.7. The first-order valence-electron chi connectivity index (χ1n) is 6.18. The first kappa shape index (κ1) is 15.0. The number of rotatable bonds is 1. The normalized spacial score (nSPS) is 11.5. The Morgan fingerprint density at radius 2 is 1.90 bits per heavy atom. The highest BCUT2D eigenvalue weighted by molar-refractivity contribution is 5.72. The van der Waals surface area contributed by atoms with Crippen molar-refractivity contribution in [1.82, 2.24) is 9.55 Å². The maximum absolute atomic E-state index is 13.2. The van der Waals surface area contributed by atoms with Gasteiger partial charge in [-0.25, -0.2) is 22.9 Å². The van der Waals surface area contributed by atoms with E-state index in [1.165, 1.54) is 12.3 Å². The van der Waals surface area contributed by atoms with Crippen LogP contribution in [0.1, 0.15) is 20.8 Å². The number of imidazole rings is 1. The minimum Gasteiger partial charge on any atom is -0.443 e. The smallest absolute Gasteiger partial charge is 0.422 e. The maximum Gasteiger partial charge on any atom is 0.422 e. The number of halogens is 2. The lowest BCUT2D eigenvalue weighted by molar-refractivity contribution is 0.0531. The summed E-state index contributed by atoms with van der Waals surface area (Å²) >= 11 is 0. The van der Waals surface area contributed by atoms with E-state index < -0.39 is 29.0 Å². The molecule has 2 rings (SSSR count). The molecular weight excluding hydrogens is 282 g/mol. The van der Waals surface area contributed by atoms with E-state index in [0.717, 1.165) is 16.7 Å². The van der Waals surface area contributed by atoms with E-state index in [4.69, 9.17) is 4.74 Å². The fourth-order valence-electron chi connectivity index (χ4n) is 1.65.